The number of halogens is 1. The fourth-order valence-electron chi connectivity index (χ4n) is 2.65. The van der Waals surface area contributed by atoms with Crippen molar-refractivity contribution in [3.05, 3.63) is 28.8 Å². The van der Waals surface area contributed by atoms with Gasteiger partial charge in [0.05, 0.1) is 16.0 Å². The van der Waals surface area contributed by atoms with Crippen molar-refractivity contribution < 1.29 is 14.7 Å². The van der Waals surface area contributed by atoms with E-state index in [1.807, 2.05) is 6.92 Å². The van der Waals surface area contributed by atoms with Crippen LogP contribution < -0.4 is 10.6 Å². The van der Waals surface area contributed by atoms with Gasteiger partial charge in [0.1, 0.15) is 0 Å². The van der Waals surface area contributed by atoms with Gasteiger partial charge in [-0.1, -0.05) is 18.5 Å². The average Bonchev–Trinajstić information content (AvgIpc) is 2.47. The summed E-state index contributed by atoms with van der Waals surface area (Å²) in [7, 11) is 0. The number of hydrogen-bond donors (Lipinski definition) is 3. The molecule has 0 spiro atoms. The van der Waals surface area contributed by atoms with Crippen molar-refractivity contribution in [2.75, 3.05) is 18.4 Å². The zero-order valence-corrected chi connectivity index (χ0v) is 12.7. The lowest BCUT2D eigenvalue weighted by molar-refractivity contribution is -0.126. The maximum Gasteiger partial charge on any atom is 0.337 e. The normalized spacial score (nSPS) is 21.8. The molecule has 0 aliphatic carbocycles. The molecule has 5 nitrogen and oxygen atoms in total. The van der Waals surface area contributed by atoms with E-state index in [4.69, 9.17) is 16.7 Å². The molecule has 0 saturated carbocycles. The van der Waals surface area contributed by atoms with Gasteiger partial charge in [-0.2, -0.15) is 0 Å². The third kappa shape index (κ3) is 3.36. The highest BCUT2D eigenvalue weighted by molar-refractivity contribution is 6.33. The Morgan fingerprint density at radius 1 is 1.48 bits per heavy atom. The second-order valence-corrected chi connectivity index (χ2v) is 5.78. The van der Waals surface area contributed by atoms with Gasteiger partial charge in [0.25, 0.3) is 0 Å². The van der Waals surface area contributed by atoms with Crippen LogP contribution in [0.3, 0.4) is 0 Å². The number of rotatable bonds is 4. The molecule has 3 N–H and O–H groups in total. The van der Waals surface area contributed by atoms with Gasteiger partial charge >= 0.3 is 5.97 Å². The van der Waals surface area contributed by atoms with Gasteiger partial charge in [-0.25, -0.2) is 4.79 Å². The number of carboxylic acids is 1. The molecule has 1 heterocycles. The topological polar surface area (TPSA) is 78.4 Å². The summed E-state index contributed by atoms with van der Waals surface area (Å²) in [5.41, 5.74) is 0.142. The number of carboxylic acid groups (broad SMARTS) is 1. The molecule has 2 rings (SSSR count). The smallest absolute Gasteiger partial charge is 0.337 e. The Labute approximate surface area is 128 Å². The van der Waals surface area contributed by atoms with Gasteiger partial charge < -0.3 is 15.7 Å². The first-order valence-corrected chi connectivity index (χ1v) is 7.41. The van der Waals surface area contributed by atoms with E-state index in [2.05, 4.69) is 10.6 Å². The molecule has 0 bridgehead atoms. The van der Waals surface area contributed by atoms with E-state index in [0.29, 0.717) is 12.2 Å². The molecule has 6 heteroatoms. The summed E-state index contributed by atoms with van der Waals surface area (Å²) in [5, 5.41) is 15.2. The van der Waals surface area contributed by atoms with E-state index in [1.165, 1.54) is 12.1 Å². The summed E-state index contributed by atoms with van der Waals surface area (Å²) in [6.07, 6.45) is 2.58. The predicted molar refractivity (Wildman–Crippen MR) is 81.9 cm³/mol. The number of aromatic carboxylic acids is 1. The molecular weight excluding hydrogens is 292 g/mol. The first-order chi connectivity index (χ1) is 9.98. The van der Waals surface area contributed by atoms with Crippen molar-refractivity contribution in [1.82, 2.24) is 5.32 Å². The van der Waals surface area contributed by atoms with E-state index in [1.54, 1.807) is 6.07 Å². The van der Waals surface area contributed by atoms with Crippen molar-refractivity contribution in [3.8, 4) is 0 Å². The molecule has 114 valence electrons. The van der Waals surface area contributed by atoms with Crippen LogP contribution in [0.5, 0.6) is 0 Å². The molecule has 0 aromatic heterocycles. The van der Waals surface area contributed by atoms with E-state index in [9.17, 15) is 9.59 Å². The van der Waals surface area contributed by atoms with Gasteiger partial charge in [0.2, 0.25) is 5.91 Å². The average molecular weight is 311 g/mol. The van der Waals surface area contributed by atoms with Crippen LogP contribution in [0.1, 0.15) is 36.5 Å². The van der Waals surface area contributed by atoms with E-state index < -0.39 is 11.4 Å². The van der Waals surface area contributed by atoms with Crippen molar-refractivity contribution in [1.29, 1.82) is 0 Å². The second kappa shape index (κ2) is 6.45. The number of piperidine rings is 1. The van der Waals surface area contributed by atoms with Gasteiger partial charge in [-0.05, 0) is 44.0 Å². The van der Waals surface area contributed by atoms with Crippen molar-refractivity contribution >= 4 is 29.2 Å². The summed E-state index contributed by atoms with van der Waals surface area (Å²) in [4.78, 5) is 23.5. The largest absolute Gasteiger partial charge is 0.478 e. The minimum Gasteiger partial charge on any atom is -0.478 e. The lowest BCUT2D eigenvalue weighted by Gasteiger charge is -2.35. The Bertz CT molecular complexity index is 554. The minimum atomic E-state index is -1.08. The first-order valence-electron chi connectivity index (χ1n) is 7.03. The molecule has 1 saturated heterocycles. The number of nitrogens with one attached hydrogen (secondary N) is 2. The molecule has 1 fully saturated rings. The van der Waals surface area contributed by atoms with E-state index in [0.717, 1.165) is 25.8 Å². The van der Waals surface area contributed by atoms with Gasteiger partial charge in [-0.15, -0.1) is 0 Å². The Morgan fingerprint density at radius 2 is 2.24 bits per heavy atom. The van der Waals surface area contributed by atoms with Crippen molar-refractivity contribution in [2.24, 2.45) is 5.41 Å². The maximum absolute atomic E-state index is 12.5. The molecule has 1 unspecified atom stereocenters. The second-order valence-electron chi connectivity index (χ2n) is 5.37. The standard InChI is InChI=1S/C15H19ClN2O3/c1-2-15(6-3-7-17-9-15)14(21)18-10-4-5-11(13(19)20)12(16)8-10/h4-5,8,17H,2-3,6-7,9H2,1H3,(H,18,21)(H,19,20). The summed E-state index contributed by atoms with van der Waals surface area (Å²) < 4.78 is 0. The number of amides is 1. The molecule has 1 aromatic rings. The SMILES string of the molecule is CCC1(C(=O)Nc2ccc(C(=O)O)c(Cl)c2)CCCNC1. The zero-order valence-electron chi connectivity index (χ0n) is 11.9. The van der Waals surface area contributed by atoms with Gasteiger partial charge in [-0.3, -0.25) is 4.79 Å². The molecule has 21 heavy (non-hydrogen) atoms. The van der Waals surface area contributed by atoms with Crippen molar-refractivity contribution in [3.63, 3.8) is 0 Å². The fraction of sp³-hybridized carbons (Fsp3) is 0.467. The Hall–Kier alpha value is -1.59. The van der Waals surface area contributed by atoms with Crippen LogP contribution in [0.15, 0.2) is 18.2 Å². The number of hydrogen-bond acceptors (Lipinski definition) is 3. The van der Waals surface area contributed by atoms with Crippen LogP contribution in [0.25, 0.3) is 0 Å². The Kier molecular flexibility index (Phi) is 4.85. The highest BCUT2D eigenvalue weighted by Crippen LogP contribution is 2.32. The van der Waals surface area contributed by atoms with Crippen LogP contribution >= 0.6 is 11.6 Å². The summed E-state index contributed by atoms with van der Waals surface area (Å²) in [6, 6.07) is 4.44. The Morgan fingerprint density at radius 3 is 2.76 bits per heavy atom. The number of anilines is 1. The van der Waals surface area contributed by atoms with Crippen LogP contribution in [0.4, 0.5) is 5.69 Å². The summed E-state index contributed by atoms with van der Waals surface area (Å²) in [5.74, 6) is -1.13. The molecule has 1 aliphatic rings. The van der Waals surface area contributed by atoms with Gasteiger partial charge in [0, 0.05) is 12.2 Å². The summed E-state index contributed by atoms with van der Waals surface area (Å²) in [6.45, 7) is 3.61. The third-order valence-electron chi connectivity index (χ3n) is 4.09. The maximum atomic E-state index is 12.5. The predicted octanol–water partition coefficient (Wildman–Crippen LogP) is 2.76. The fourth-order valence-corrected chi connectivity index (χ4v) is 2.92. The molecule has 0 radical (unpaired) electrons. The number of carbonyl (C=O) groups is 2. The quantitative estimate of drug-likeness (QED) is 0.799. The summed E-state index contributed by atoms with van der Waals surface area (Å²) >= 11 is 5.92. The number of carbonyl (C=O) groups excluding carboxylic acids is 1. The lowest BCUT2D eigenvalue weighted by atomic mass is 9.77. The van der Waals surface area contributed by atoms with Crippen LogP contribution in [-0.2, 0) is 4.79 Å². The van der Waals surface area contributed by atoms with Crippen LogP contribution in [0, 0.1) is 5.41 Å². The van der Waals surface area contributed by atoms with E-state index in [-0.39, 0.29) is 16.5 Å². The van der Waals surface area contributed by atoms with Gasteiger partial charge in [0.15, 0.2) is 0 Å². The van der Waals surface area contributed by atoms with Crippen molar-refractivity contribution in [2.45, 2.75) is 26.2 Å². The molecule has 1 amide bonds. The lowest BCUT2D eigenvalue weighted by Crippen LogP contribution is -2.47. The van der Waals surface area contributed by atoms with Crippen LogP contribution in [-0.4, -0.2) is 30.1 Å². The highest BCUT2D eigenvalue weighted by Gasteiger charge is 2.37. The zero-order chi connectivity index (χ0) is 15.5. The molecular formula is C15H19ClN2O3. The molecule has 1 aromatic carbocycles. The minimum absolute atomic E-state index is 0.0270. The molecule has 1 atom stereocenters. The monoisotopic (exact) mass is 310 g/mol. The Balaban J connectivity index is 2.15. The first kappa shape index (κ1) is 15.8. The van der Waals surface area contributed by atoms with E-state index >= 15 is 0 Å². The van der Waals surface area contributed by atoms with Crippen LogP contribution in [0.2, 0.25) is 5.02 Å². The highest BCUT2D eigenvalue weighted by atomic mass is 35.5. The number of benzene rings is 1. The molecule has 1 aliphatic heterocycles. The third-order valence-corrected chi connectivity index (χ3v) is 4.40.